The van der Waals surface area contributed by atoms with Crippen molar-refractivity contribution in [3.8, 4) is 0 Å². The second-order valence-corrected chi connectivity index (χ2v) is 9.85. The van der Waals surface area contributed by atoms with Gasteiger partial charge in [0.05, 0.1) is 5.02 Å². The molecule has 0 saturated heterocycles. The number of amides is 1. The smallest absolute Gasteiger partial charge is 0.263 e. The zero-order valence-corrected chi connectivity index (χ0v) is 18.4. The van der Waals surface area contributed by atoms with Gasteiger partial charge in [-0.25, -0.2) is 8.42 Å². The van der Waals surface area contributed by atoms with Gasteiger partial charge < -0.3 is 5.32 Å². The topological polar surface area (TPSA) is 75.3 Å². The number of carbonyl (C=O) groups excluding carboxylic acids is 1. The summed E-state index contributed by atoms with van der Waals surface area (Å²) in [5, 5.41) is 3.12. The summed E-state index contributed by atoms with van der Waals surface area (Å²) in [4.78, 5) is 12.6. The van der Waals surface area contributed by atoms with Gasteiger partial charge in [-0.2, -0.15) is 0 Å². The Bertz CT molecular complexity index is 977. The summed E-state index contributed by atoms with van der Waals surface area (Å²) in [6.07, 6.45) is 6.51. The average molecular weight is 435 g/mol. The molecule has 29 heavy (non-hydrogen) atoms. The van der Waals surface area contributed by atoms with Crippen molar-refractivity contribution < 1.29 is 13.2 Å². The van der Waals surface area contributed by atoms with Gasteiger partial charge >= 0.3 is 0 Å². The summed E-state index contributed by atoms with van der Waals surface area (Å²) in [5.41, 5.74) is 2.65. The van der Waals surface area contributed by atoms with Crippen LogP contribution in [-0.4, -0.2) is 20.4 Å². The maximum Gasteiger partial charge on any atom is 0.263 e. The van der Waals surface area contributed by atoms with Crippen molar-refractivity contribution in [3.63, 3.8) is 0 Å². The lowest BCUT2D eigenvalue weighted by molar-refractivity contribution is 0.0933. The van der Waals surface area contributed by atoms with E-state index in [-0.39, 0.29) is 21.9 Å². The Morgan fingerprint density at radius 1 is 0.966 bits per heavy atom. The second-order valence-electron chi connectivity index (χ2n) is 7.79. The Labute approximate surface area is 177 Å². The Hall–Kier alpha value is -2.05. The third kappa shape index (κ3) is 5.73. The maximum atomic E-state index is 12.9. The minimum absolute atomic E-state index is 0.0768. The molecular weight excluding hydrogens is 408 g/mol. The first-order valence-electron chi connectivity index (χ1n) is 9.96. The number of anilines is 1. The van der Waals surface area contributed by atoms with Crippen LogP contribution >= 0.6 is 11.6 Å². The van der Waals surface area contributed by atoms with Crippen molar-refractivity contribution in [2.75, 3.05) is 4.72 Å². The van der Waals surface area contributed by atoms with Gasteiger partial charge in [-0.1, -0.05) is 43.4 Å². The number of rotatable bonds is 5. The fraction of sp³-hybridized carbons (Fsp3) is 0.409. The first kappa shape index (κ1) is 21.7. The molecule has 0 radical (unpaired) electrons. The number of hydrogen-bond donors (Lipinski definition) is 2. The first-order valence-corrected chi connectivity index (χ1v) is 11.8. The number of hydrogen-bond acceptors (Lipinski definition) is 3. The molecule has 0 atom stereocenters. The van der Waals surface area contributed by atoms with Crippen molar-refractivity contribution in [3.05, 3.63) is 58.1 Å². The van der Waals surface area contributed by atoms with Gasteiger partial charge in [-0.3, -0.25) is 9.52 Å². The van der Waals surface area contributed by atoms with Crippen molar-refractivity contribution in [2.45, 2.75) is 63.3 Å². The van der Waals surface area contributed by atoms with E-state index in [1.165, 1.54) is 25.0 Å². The second kappa shape index (κ2) is 9.18. The fourth-order valence-electron chi connectivity index (χ4n) is 3.79. The SMILES string of the molecule is Cc1cc(C)cc(NS(=O)(=O)c2cc(C(=O)NC3CCCCCC3)ccc2Cl)c1. The number of sulfonamides is 1. The highest BCUT2D eigenvalue weighted by molar-refractivity contribution is 7.92. The van der Waals surface area contributed by atoms with Crippen LogP contribution in [0.3, 0.4) is 0 Å². The van der Waals surface area contributed by atoms with E-state index in [0.717, 1.165) is 36.8 Å². The van der Waals surface area contributed by atoms with Crippen LogP contribution in [0.4, 0.5) is 5.69 Å². The number of aryl methyl sites for hydroxylation is 2. The molecule has 1 aliphatic carbocycles. The van der Waals surface area contributed by atoms with Crippen LogP contribution < -0.4 is 10.0 Å². The van der Waals surface area contributed by atoms with E-state index in [9.17, 15) is 13.2 Å². The quantitative estimate of drug-likeness (QED) is 0.634. The molecule has 156 valence electrons. The summed E-state index contributed by atoms with van der Waals surface area (Å²) in [6.45, 7) is 3.80. The summed E-state index contributed by atoms with van der Waals surface area (Å²) < 4.78 is 28.4. The molecule has 1 fully saturated rings. The molecular formula is C22H27ClN2O3S. The Morgan fingerprint density at radius 3 is 2.21 bits per heavy atom. The van der Waals surface area contributed by atoms with Crippen LogP contribution in [0, 0.1) is 13.8 Å². The largest absolute Gasteiger partial charge is 0.349 e. The van der Waals surface area contributed by atoms with Gasteiger partial charge in [-0.15, -0.1) is 0 Å². The van der Waals surface area contributed by atoms with Crippen molar-refractivity contribution in [2.24, 2.45) is 0 Å². The van der Waals surface area contributed by atoms with E-state index in [4.69, 9.17) is 11.6 Å². The normalized spacial score (nSPS) is 15.6. The molecule has 0 aliphatic heterocycles. The lowest BCUT2D eigenvalue weighted by Crippen LogP contribution is -2.34. The molecule has 0 heterocycles. The highest BCUT2D eigenvalue weighted by Crippen LogP contribution is 2.26. The molecule has 7 heteroatoms. The molecule has 1 amide bonds. The molecule has 2 aromatic rings. The molecule has 0 unspecified atom stereocenters. The zero-order valence-electron chi connectivity index (χ0n) is 16.8. The molecule has 2 N–H and O–H groups in total. The molecule has 3 rings (SSSR count). The average Bonchev–Trinajstić information content (AvgIpc) is 2.89. The van der Waals surface area contributed by atoms with Gasteiger partial charge in [-0.05, 0) is 68.1 Å². The van der Waals surface area contributed by atoms with E-state index < -0.39 is 10.0 Å². The van der Waals surface area contributed by atoms with E-state index in [1.807, 2.05) is 19.9 Å². The predicted molar refractivity (Wildman–Crippen MR) is 117 cm³/mol. The van der Waals surface area contributed by atoms with E-state index in [2.05, 4.69) is 10.0 Å². The Kier molecular flexibility index (Phi) is 6.85. The minimum atomic E-state index is -3.93. The molecule has 5 nitrogen and oxygen atoms in total. The van der Waals surface area contributed by atoms with Crippen LogP contribution in [0.1, 0.15) is 60.0 Å². The van der Waals surface area contributed by atoms with Crippen molar-refractivity contribution in [1.82, 2.24) is 5.32 Å². The first-order chi connectivity index (χ1) is 13.7. The Morgan fingerprint density at radius 2 is 1.59 bits per heavy atom. The zero-order chi connectivity index (χ0) is 21.0. The standard InChI is InChI=1S/C22H27ClN2O3S/c1-15-11-16(2)13-19(12-15)25-29(27,28)21-14-17(9-10-20(21)23)22(26)24-18-7-5-3-4-6-8-18/h9-14,18,25H,3-8H2,1-2H3,(H,24,26). The third-order valence-corrected chi connectivity index (χ3v) is 7.01. The summed E-state index contributed by atoms with van der Waals surface area (Å²) in [6, 6.07) is 9.96. The van der Waals surface area contributed by atoms with Crippen LogP contribution in [0.25, 0.3) is 0 Å². The highest BCUT2D eigenvalue weighted by atomic mass is 35.5. The maximum absolute atomic E-state index is 12.9. The van der Waals surface area contributed by atoms with E-state index in [1.54, 1.807) is 18.2 Å². The molecule has 1 aliphatic rings. The summed E-state index contributed by atoms with van der Waals surface area (Å²) >= 11 is 6.18. The Balaban J connectivity index is 1.82. The number of halogens is 1. The number of benzene rings is 2. The van der Waals surface area contributed by atoms with Crippen molar-refractivity contribution >= 4 is 33.2 Å². The number of nitrogens with one attached hydrogen (secondary N) is 2. The monoisotopic (exact) mass is 434 g/mol. The molecule has 1 saturated carbocycles. The van der Waals surface area contributed by atoms with E-state index in [0.29, 0.717) is 11.3 Å². The summed E-state index contributed by atoms with van der Waals surface area (Å²) in [7, 11) is -3.93. The summed E-state index contributed by atoms with van der Waals surface area (Å²) in [5.74, 6) is -0.267. The van der Waals surface area contributed by atoms with Gasteiger partial charge in [0.1, 0.15) is 4.90 Å². The lowest BCUT2D eigenvalue weighted by Gasteiger charge is -2.17. The van der Waals surface area contributed by atoms with Crippen LogP contribution in [0.5, 0.6) is 0 Å². The predicted octanol–water partition coefficient (Wildman–Crippen LogP) is 5.21. The van der Waals surface area contributed by atoms with Gasteiger partial charge in [0.2, 0.25) is 0 Å². The molecule has 0 aromatic heterocycles. The number of carbonyl (C=O) groups is 1. The lowest BCUT2D eigenvalue weighted by atomic mass is 10.1. The van der Waals surface area contributed by atoms with Crippen LogP contribution in [0.2, 0.25) is 5.02 Å². The van der Waals surface area contributed by atoms with E-state index >= 15 is 0 Å². The molecule has 2 aromatic carbocycles. The van der Waals surface area contributed by atoms with Gasteiger partial charge in [0, 0.05) is 17.3 Å². The molecule has 0 bridgehead atoms. The van der Waals surface area contributed by atoms with Crippen molar-refractivity contribution in [1.29, 1.82) is 0 Å². The molecule has 0 spiro atoms. The third-order valence-electron chi connectivity index (χ3n) is 5.15. The van der Waals surface area contributed by atoms with Gasteiger partial charge in [0.15, 0.2) is 0 Å². The minimum Gasteiger partial charge on any atom is -0.349 e. The fourth-order valence-corrected chi connectivity index (χ4v) is 5.35. The highest BCUT2D eigenvalue weighted by Gasteiger charge is 2.22. The van der Waals surface area contributed by atoms with Crippen LogP contribution in [-0.2, 0) is 10.0 Å². The van der Waals surface area contributed by atoms with Crippen LogP contribution in [0.15, 0.2) is 41.3 Å². The van der Waals surface area contributed by atoms with Gasteiger partial charge in [0.25, 0.3) is 15.9 Å².